The van der Waals surface area contributed by atoms with Crippen molar-refractivity contribution in [2.75, 3.05) is 18.0 Å². The Balaban J connectivity index is 2.15. The Morgan fingerprint density at radius 1 is 1.35 bits per heavy atom. The van der Waals surface area contributed by atoms with Crippen molar-refractivity contribution in [1.82, 2.24) is 9.97 Å². The normalized spacial score (nSPS) is 15.6. The van der Waals surface area contributed by atoms with Crippen LogP contribution in [0.2, 0.25) is 0 Å². The molecule has 1 fully saturated rings. The number of aromatic nitrogens is 2. The summed E-state index contributed by atoms with van der Waals surface area (Å²) in [4.78, 5) is 32.1. The van der Waals surface area contributed by atoms with E-state index in [1.165, 1.54) is 6.42 Å². The molecular formula is C12H15N3O2. The maximum atomic E-state index is 11.5. The molecule has 2 rings (SSSR count). The van der Waals surface area contributed by atoms with Crippen molar-refractivity contribution in [3.8, 4) is 0 Å². The van der Waals surface area contributed by atoms with Gasteiger partial charge in [-0.05, 0) is 25.3 Å². The van der Waals surface area contributed by atoms with Gasteiger partial charge in [-0.3, -0.25) is 4.79 Å². The van der Waals surface area contributed by atoms with Crippen LogP contribution in [-0.2, 0) is 4.79 Å². The minimum Gasteiger partial charge on any atom is -0.357 e. The fourth-order valence-corrected chi connectivity index (χ4v) is 1.95. The fraction of sp³-hybridized carbons (Fsp3) is 0.500. The summed E-state index contributed by atoms with van der Waals surface area (Å²) in [6.45, 7) is 1.94. The Morgan fingerprint density at radius 3 is 2.82 bits per heavy atom. The van der Waals surface area contributed by atoms with E-state index in [0.717, 1.165) is 31.7 Å². The lowest BCUT2D eigenvalue weighted by atomic mass is 10.1. The zero-order valence-electron chi connectivity index (χ0n) is 9.63. The monoisotopic (exact) mass is 233 g/mol. The Bertz CT molecular complexity index is 414. The lowest BCUT2D eigenvalue weighted by Crippen LogP contribution is -2.30. The van der Waals surface area contributed by atoms with E-state index in [1.807, 2.05) is 6.07 Å². The van der Waals surface area contributed by atoms with Gasteiger partial charge < -0.3 is 9.69 Å². The summed E-state index contributed by atoms with van der Waals surface area (Å²) < 4.78 is 0. The Morgan fingerprint density at radius 2 is 2.12 bits per heavy atom. The molecule has 1 saturated heterocycles. The number of nitrogens with zero attached hydrogens (tertiary/aromatic N) is 3. The van der Waals surface area contributed by atoms with E-state index < -0.39 is 0 Å². The standard InChI is InChI=1S/C12H15N3O2/c16-9-5-10(17)12-13-6-4-11(14-12)15-7-2-1-3-8-15/h4,6,9H,1-3,5,7-8H2. The molecule has 0 aromatic carbocycles. The van der Waals surface area contributed by atoms with Crippen molar-refractivity contribution in [2.45, 2.75) is 25.7 Å². The van der Waals surface area contributed by atoms with E-state index in [-0.39, 0.29) is 18.0 Å². The molecule has 0 radical (unpaired) electrons. The maximum absolute atomic E-state index is 11.5. The third-order valence-electron chi connectivity index (χ3n) is 2.84. The molecule has 17 heavy (non-hydrogen) atoms. The minimum atomic E-state index is -0.321. The average Bonchev–Trinajstić information content (AvgIpc) is 2.40. The zero-order valence-corrected chi connectivity index (χ0v) is 9.63. The van der Waals surface area contributed by atoms with Gasteiger partial charge in [0.25, 0.3) is 0 Å². The summed E-state index contributed by atoms with van der Waals surface area (Å²) in [6.07, 6.45) is 5.57. The number of hydrogen-bond acceptors (Lipinski definition) is 5. The molecule has 0 aliphatic carbocycles. The van der Waals surface area contributed by atoms with Crippen molar-refractivity contribution in [2.24, 2.45) is 0 Å². The number of Topliss-reactive ketones (excluding diaryl/α,β-unsaturated/α-hetero) is 1. The number of piperidine rings is 1. The summed E-state index contributed by atoms with van der Waals surface area (Å²) >= 11 is 0. The smallest absolute Gasteiger partial charge is 0.207 e. The van der Waals surface area contributed by atoms with Gasteiger partial charge in [0, 0.05) is 19.3 Å². The number of carbonyl (C=O) groups excluding carboxylic acids is 2. The highest BCUT2D eigenvalue weighted by Gasteiger charge is 2.15. The largest absolute Gasteiger partial charge is 0.357 e. The van der Waals surface area contributed by atoms with Crippen LogP contribution in [-0.4, -0.2) is 35.1 Å². The molecule has 90 valence electrons. The maximum Gasteiger partial charge on any atom is 0.207 e. The van der Waals surface area contributed by atoms with Gasteiger partial charge in [0.1, 0.15) is 12.1 Å². The van der Waals surface area contributed by atoms with Crippen molar-refractivity contribution in [3.63, 3.8) is 0 Å². The van der Waals surface area contributed by atoms with Crippen LogP contribution in [0.1, 0.15) is 36.3 Å². The molecule has 0 unspecified atom stereocenters. The molecule has 0 amide bonds. The van der Waals surface area contributed by atoms with Gasteiger partial charge in [0.15, 0.2) is 5.82 Å². The number of aldehydes is 1. The first-order chi connectivity index (χ1) is 8.31. The number of ketones is 1. The Hall–Kier alpha value is -1.78. The molecule has 5 heteroatoms. The highest BCUT2D eigenvalue weighted by molar-refractivity contribution is 6.00. The molecular weight excluding hydrogens is 218 g/mol. The van der Waals surface area contributed by atoms with E-state index >= 15 is 0 Å². The number of hydrogen-bond donors (Lipinski definition) is 0. The van der Waals surface area contributed by atoms with Crippen LogP contribution in [0.3, 0.4) is 0 Å². The van der Waals surface area contributed by atoms with Crippen LogP contribution in [0.25, 0.3) is 0 Å². The van der Waals surface area contributed by atoms with Gasteiger partial charge in [-0.2, -0.15) is 0 Å². The van der Waals surface area contributed by atoms with Gasteiger partial charge in [-0.1, -0.05) is 0 Å². The summed E-state index contributed by atoms with van der Waals surface area (Å²) in [7, 11) is 0. The average molecular weight is 233 g/mol. The zero-order chi connectivity index (χ0) is 12.1. The van der Waals surface area contributed by atoms with E-state index in [0.29, 0.717) is 6.29 Å². The Kier molecular flexibility index (Phi) is 3.80. The molecule has 0 N–H and O–H groups in total. The summed E-state index contributed by atoms with van der Waals surface area (Å²) in [5.41, 5.74) is 0. The summed E-state index contributed by atoms with van der Waals surface area (Å²) in [5.74, 6) is 0.605. The van der Waals surface area contributed by atoms with Crippen LogP contribution >= 0.6 is 0 Å². The topological polar surface area (TPSA) is 63.2 Å². The second-order valence-corrected chi connectivity index (χ2v) is 4.08. The van der Waals surface area contributed by atoms with E-state index in [9.17, 15) is 9.59 Å². The number of anilines is 1. The summed E-state index contributed by atoms with van der Waals surface area (Å²) in [6, 6.07) is 1.81. The van der Waals surface area contributed by atoms with Gasteiger partial charge in [-0.25, -0.2) is 9.97 Å². The first-order valence-corrected chi connectivity index (χ1v) is 5.86. The van der Waals surface area contributed by atoms with E-state index in [1.54, 1.807) is 6.20 Å². The van der Waals surface area contributed by atoms with Crippen molar-refractivity contribution in [3.05, 3.63) is 18.1 Å². The van der Waals surface area contributed by atoms with Gasteiger partial charge in [0.05, 0.1) is 6.42 Å². The van der Waals surface area contributed by atoms with E-state index in [4.69, 9.17) is 0 Å². The summed E-state index contributed by atoms with van der Waals surface area (Å²) in [5, 5.41) is 0. The molecule has 0 atom stereocenters. The van der Waals surface area contributed by atoms with Gasteiger partial charge in [-0.15, -0.1) is 0 Å². The highest BCUT2D eigenvalue weighted by atomic mass is 16.1. The lowest BCUT2D eigenvalue weighted by Gasteiger charge is -2.27. The first-order valence-electron chi connectivity index (χ1n) is 5.86. The molecule has 5 nitrogen and oxygen atoms in total. The molecule has 1 aromatic heterocycles. The second kappa shape index (κ2) is 5.52. The molecule has 2 heterocycles. The van der Waals surface area contributed by atoms with Crippen molar-refractivity contribution < 1.29 is 9.59 Å². The second-order valence-electron chi connectivity index (χ2n) is 4.08. The van der Waals surface area contributed by atoms with Crippen LogP contribution in [0, 0.1) is 0 Å². The molecule has 1 aliphatic heterocycles. The fourth-order valence-electron chi connectivity index (χ4n) is 1.95. The molecule has 1 aliphatic rings. The third kappa shape index (κ3) is 2.87. The molecule has 0 saturated carbocycles. The predicted molar refractivity (Wildman–Crippen MR) is 63.1 cm³/mol. The van der Waals surface area contributed by atoms with Crippen LogP contribution in [0.15, 0.2) is 12.3 Å². The van der Waals surface area contributed by atoms with E-state index in [2.05, 4.69) is 14.9 Å². The van der Waals surface area contributed by atoms with Crippen LogP contribution < -0.4 is 4.90 Å². The van der Waals surface area contributed by atoms with Crippen LogP contribution in [0.5, 0.6) is 0 Å². The SMILES string of the molecule is O=CCC(=O)c1nccc(N2CCCCC2)n1. The molecule has 0 spiro atoms. The van der Waals surface area contributed by atoms with Crippen molar-refractivity contribution >= 4 is 17.9 Å². The number of carbonyl (C=O) groups is 2. The van der Waals surface area contributed by atoms with Crippen molar-refractivity contribution in [1.29, 1.82) is 0 Å². The molecule has 0 bridgehead atoms. The van der Waals surface area contributed by atoms with Gasteiger partial charge >= 0.3 is 0 Å². The number of rotatable bonds is 4. The highest BCUT2D eigenvalue weighted by Crippen LogP contribution is 2.17. The first kappa shape index (κ1) is 11.7. The third-order valence-corrected chi connectivity index (χ3v) is 2.84. The van der Waals surface area contributed by atoms with Crippen LogP contribution in [0.4, 0.5) is 5.82 Å². The Labute approximate surface area is 99.9 Å². The predicted octanol–water partition coefficient (Wildman–Crippen LogP) is 1.24. The lowest BCUT2D eigenvalue weighted by molar-refractivity contribution is -0.107. The minimum absolute atomic E-state index is 0.139. The molecule has 1 aromatic rings. The quantitative estimate of drug-likeness (QED) is 0.445. The van der Waals surface area contributed by atoms with Gasteiger partial charge in [0.2, 0.25) is 5.78 Å².